The largest absolute Gasteiger partial charge is 0.389 e. The van der Waals surface area contributed by atoms with Crippen LogP contribution in [0.1, 0.15) is 52.9 Å². The quantitative estimate of drug-likeness (QED) is 0.558. The molecule has 30 heavy (non-hydrogen) atoms. The van der Waals surface area contributed by atoms with E-state index in [2.05, 4.69) is 30.5 Å². The Morgan fingerprint density at radius 2 is 1.73 bits per heavy atom. The number of unbranched alkanes of at least 4 members (excludes halogenated alkanes) is 1. The lowest BCUT2D eigenvalue weighted by atomic mass is 10.1. The summed E-state index contributed by atoms with van der Waals surface area (Å²) >= 11 is 0. The van der Waals surface area contributed by atoms with Crippen LogP contribution in [0.3, 0.4) is 0 Å². The number of allylic oxidation sites excluding steroid dienone is 11. The molecule has 0 aromatic rings. The molecule has 0 fully saturated rings. The zero-order valence-electron chi connectivity index (χ0n) is 18.6. The minimum atomic E-state index is -0.516. The molecular formula is C27H37NO2. The summed E-state index contributed by atoms with van der Waals surface area (Å²) in [6.45, 7) is 6.17. The average molecular weight is 408 g/mol. The third kappa shape index (κ3) is 13.5. The van der Waals surface area contributed by atoms with Crippen molar-refractivity contribution < 1.29 is 9.90 Å². The summed E-state index contributed by atoms with van der Waals surface area (Å²) < 4.78 is 0. The maximum absolute atomic E-state index is 12.3. The molecule has 1 aliphatic rings. The Kier molecular flexibility index (Phi) is 13.7. The van der Waals surface area contributed by atoms with Gasteiger partial charge in [0.2, 0.25) is 5.91 Å². The van der Waals surface area contributed by atoms with Crippen molar-refractivity contribution in [1.82, 2.24) is 5.32 Å². The highest BCUT2D eigenvalue weighted by Gasteiger charge is 2.07. The number of carbonyl (C=O) groups excluding carboxylic acids is 1. The minimum absolute atomic E-state index is 0.0661. The lowest BCUT2D eigenvalue weighted by Gasteiger charge is -2.14. The number of aliphatic hydroxyl groups excluding tert-OH is 1. The van der Waals surface area contributed by atoms with Crippen LogP contribution < -0.4 is 5.32 Å². The van der Waals surface area contributed by atoms with Gasteiger partial charge in [-0.1, -0.05) is 103 Å². The van der Waals surface area contributed by atoms with E-state index in [-0.39, 0.29) is 11.9 Å². The van der Waals surface area contributed by atoms with Gasteiger partial charge in [-0.25, -0.2) is 0 Å². The predicted molar refractivity (Wildman–Crippen MR) is 129 cm³/mol. The standard InChI is InChI=1S/C27H37NO2/c1-4-5-6-7-17-25-18-11-8-14-23(2)15-9-12-19-26(29)22-21-24(3)16-10-13-20-27(30)28-25/h6-16,19-21,25-26,29H,4-5,17-18,22H2,1-3H3,(H,28,30). The second-order valence-corrected chi connectivity index (χ2v) is 7.49. The van der Waals surface area contributed by atoms with Crippen LogP contribution in [0.4, 0.5) is 0 Å². The molecule has 3 heteroatoms. The lowest BCUT2D eigenvalue weighted by Crippen LogP contribution is -2.32. The summed E-state index contributed by atoms with van der Waals surface area (Å²) in [4.78, 5) is 12.3. The van der Waals surface area contributed by atoms with Crippen molar-refractivity contribution in [3.8, 4) is 0 Å². The van der Waals surface area contributed by atoms with Crippen LogP contribution in [0.25, 0.3) is 0 Å². The van der Waals surface area contributed by atoms with Crippen LogP contribution in [-0.4, -0.2) is 23.2 Å². The van der Waals surface area contributed by atoms with Gasteiger partial charge >= 0.3 is 0 Å². The van der Waals surface area contributed by atoms with Crippen LogP contribution in [0, 0.1) is 0 Å². The van der Waals surface area contributed by atoms with E-state index in [1.165, 1.54) is 0 Å². The van der Waals surface area contributed by atoms with E-state index in [0.717, 1.165) is 36.8 Å². The molecular weight excluding hydrogens is 370 g/mol. The van der Waals surface area contributed by atoms with E-state index >= 15 is 0 Å². The van der Waals surface area contributed by atoms with E-state index in [4.69, 9.17) is 0 Å². The van der Waals surface area contributed by atoms with Crippen LogP contribution in [0.5, 0.6) is 0 Å². The average Bonchev–Trinajstić information content (AvgIpc) is 2.72. The van der Waals surface area contributed by atoms with Crippen LogP contribution in [0.2, 0.25) is 0 Å². The number of nitrogens with one attached hydrogen (secondary N) is 1. The van der Waals surface area contributed by atoms with Crippen LogP contribution in [0.15, 0.2) is 96.2 Å². The second-order valence-electron chi connectivity index (χ2n) is 7.49. The molecule has 1 rings (SSSR count). The van der Waals surface area contributed by atoms with Gasteiger partial charge < -0.3 is 10.4 Å². The first-order valence-corrected chi connectivity index (χ1v) is 10.8. The van der Waals surface area contributed by atoms with Crippen molar-refractivity contribution in [3.05, 3.63) is 96.2 Å². The second kappa shape index (κ2) is 16.2. The monoisotopic (exact) mass is 407 g/mol. The van der Waals surface area contributed by atoms with Crippen molar-refractivity contribution in [1.29, 1.82) is 0 Å². The number of amides is 1. The van der Waals surface area contributed by atoms with Gasteiger partial charge in [0.15, 0.2) is 0 Å². The first-order valence-electron chi connectivity index (χ1n) is 10.8. The number of aliphatic hydroxyl groups is 1. The number of hydrogen-bond donors (Lipinski definition) is 2. The molecule has 0 aromatic heterocycles. The molecule has 0 radical (unpaired) electrons. The van der Waals surface area contributed by atoms with Gasteiger partial charge in [-0.05, 0) is 39.5 Å². The fraction of sp³-hybridized carbons (Fsp3) is 0.370. The van der Waals surface area contributed by atoms with Gasteiger partial charge in [-0.2, -0.15) is 0 Å². The Morgan fingerprint density at radius 3 is 2.53 bits per heavy atom. The third-order valence-electron chi connectivity index (χ3n) is 4.51. The van der Waals surface area contributed by atoms with Gasteiger partial charge in [0.25, 0.3) is 0 Å². The molecule has 2 N–H and O–H groups in total. The van der Waals surface area contributed by atoms with Gasteiger partial charge in [0.1, 0.15) is 0 Å². The lowest BCUT2D eigenvalue weighted by molar-refractivity contribution is -0.117. The predicted octanol–water partition coefficient (Wildman–Crippen LogP) is 6.05. The maximum Gasteiger partial charge on any atom is 0.244 e. The van der Waals surface area contributed by atoms with E-state index in [9.17, 15) is 9.90 Å². The van der Waals surface area contributed by atoms with Crippen molar-refractivity contribution in [3.63, 3.8) is 0 Å². The molecule has 3 nitrogen and oxygen atoms in total. The summed E-state index contributed by atoms with van der Waals surface area (Å²) in [6.07, 6.45) is 31.0. The topological polar surface area (TPSA) is 49.3 Å². The van der Waals surface area contributed by atoms with Crippen molar-refractivity contribution in [2.45, 2.75) is 65.0 Å². The molecule has 162 valence electrons. The van der Waals surface area contributed by atoms with Gasteiger partial charge in [-0.3, -0.25) is 4.79 Å². The Bertz CT molecular complexity index is 745. The molecule has 0 aliphatic carbocycles. The van der Waals surface area contributed by atoms with Gasteiger partial charge in [0.05, 0.1) is 6.10 Å². The van der Waals surface area contributed by atoms with E-state index in [1.54, 1.807) is 18.2 Å². The Morgan fingerprint density at radius 1 is 1.00 bits per heavy atom. The van der Waals surface area contributed by atoms with Crippen molar-refractivity contribution in [2.75, 3.05) is 0 Å². The summed E-state index contributed by atoms with van der Waals surface area (Å²) in [5, 5.41) is 13.1. The molecule has 0 saturated carbocycles. The van der Waals surface area contributed by atoms with Crippen LogP contribution in [-0.2, 0) is 4.79 Å². The smallest absolute Gasteiger partial charge is 0.244 e. The highest BCUT2D eigenvalue weighted by molar-refractivity contribution is 5.88. The molecule has 0 spiro atoms. The number of hydrogen-bond acceptors (Lipinski definition) is 2. The van der Waals surface area contributed by atoms with Gasteiger partial charge in [0, 0.05) is 12.1 Å². The molecule has 1 amide bonds. The fourth-order valence-electron chi connectivity index (χ4n) is 2.73. The van der Waals surface area contributed by atoms with Crippen molar-refractivity contribution in [2.24, 2.45) is 0 Å². The maximum atomic E-state index is 12.3. The molecule has 0 bridgehead atoms. The number of carbonyl (C=O) groups is 1. The number of rotatable bonds is 4. The first kappa shape index (κ1) is 25.4. The zero-order valence-corrected chi connectivity index (χ0v) is 18.6. The Hall–Kier alpha value is -2.65. The molecule has 0 aromatic carbocycles. The molecule has 2 atom stereocenters. The molecule has 0 saturated heterocycles. The van der Waals surface area contributed by atoms with Crippen LogP contribution >= 0.6 is 0 Å². The van der Waals surface area contributed by atoms with E-state index in [0.29, 0.717) is 6.42 Å². The SMILES string of the molecule is CCCC=CCC1CC=CC=C(C)C=CC=CC(O)CC=C(C)C=CC=CC(=O)N1. The summed E-state index contributed by atoms with van der Waals surface area (Å²) in [5.41, 5.74) is 2.16. The fourth-order valence-corrected chi connectivity index (χ4v) is 2.73. The normalized spacial score (nSPS) is 22.1. The zero-order chi connectivity index (χ0) is 22.0. The minimum Gasteiger partial charge on any atom is -0.389 e. The van der Waals surface area contributed by atoms with Crippen molar-refractivity contribution >= 4 is 5.91 Å². The Labute approximate surface area is 182 Å². The first-order chi connectivity index (χ1) is 14.5. The molecule has 1 heterocycles. The highest BCUT2D eigenvalue weighted by atomic mass is 16.3. The van der Waals surface area contributed by atoms with E-state index in [1.807, 2.05) is 62.5 Å². The van der Waals surface area contributed by atoms with Gasteiger partial charge in [-0.15, -0.1) is 0 Å². The third-order valence-corrected chi connectivity index (χ3v) is 4.51. The summed E-state index contributed by atoms with van der Waals surface area (Å²) in [6, 6.07) is 0.0661. The molecule has 1 aliphatic heterocycles. The summed E-state index contributed by atoms with van der Waals surface area (Å²) in [5.74, 6) is -0.0896. The Balaban J connectivity index is 2.94. The molecule has 2 unspecified atom stereocenters. The highest BCUT2D eigenvalue weighted by Crippen LogP contribution is 2.06. The van der Waals surface area contributed by atoms with E-state index < -0.39 is 6.10 Å². The summed E-state index contributed by atoms with van der Waals surface area (Å²) in [7, 11) is 0.